The van der Waals surface area contributed by atoms with E-state index in [9.17, 15) is 0 Å². The van der Waals surface area contributed by atoms with Crippen LogP contribution in [0.15, 0.2) is 30.3 Å². The normalized spacial score (nSPS) is 12.6. The first-order valence-electron chi connectivity index (χ1n) is 9.18. The Hall–Kier alpha value is -0.643. The molecule has 0 radical (unpaired) electrons. The number of hydrogen-bond acceptors (Lipinski definition) is 2. The first kappa shape index (κ1) is 20.4. The lowest BCUT2D eigenvalue weighted by Crippen LogP contribution is -2.48. The molecule has 0 N–H and O–H groups in total. The molecule has 0 amide bonds. The fraction of sp³-hybridized carbons (Fsp3) is 0.700. The van der Waals surface area contributed by atoms with Crippen molar-refractivity contribution < 1.29 is 9.16 Å². The molecule has 1 aromatic carbocycles. The van der Waals surface area contributed by atoms with E-state index in [1.807, 2.05) is 7.11 Å². The van der Waals surface area contributed by atoms with Crippen LogP contribution in [0.1, 0.15) is 52.4 Å². The number of rotatable bonds is 12. The zero-order valence-corrected chi connectivity index (χ0v) is 16.9. The first-order chi connectivity index (χ1) is 11.0. The molecule has 0 aliphatic heterocycles. The summed E-state index contributed by atoms with van der Waals surface area (Å²) in [7, 11) is -0.0264. The topological polar surface area (TPSA) is 18.5 Å². The van der Waals surface area contributed by atoms with Gasteiger partial charge in [0.05, 0.1) is 6.61 Å². The van der Waals surface area contributed by atoms with E-state index in [2.05, 4.69) is 57.3 Å². The molecule has 1 aromatic rings. The Morgan fingerprint density at radius 3 is 1.96 bits per heavy atom. The molecule has 0 fully saturated rings. The maximum Gasteiger partial charge on any atom is 0.218 e. The van der Waals surface area contributed by atoms with Crippen molar-refractivity contribution in [2.75, 3.05) is 20.3 Å². The minimum absolute atomic E-state index is 0.180. The van der Waals surface area contributed by atoms with Gasteiger partial charge < -0.3 is 9.16 Å². The summed E-state index contributed by atoms with van der Waals surface area (Å²) in [5.41, 5.74) is 0.180. The Balaban J connectivity index is 2.81. The zero-order valence-electron chi connectivity index (χ0n) is 15.9. The molecule has 3 heteroatoms. The maximum atomic E-state index is 6.59. The van der Waals surface area contributed by atoms with E-state index in [4.69, 9.17) is 9.16 Å². The van der Waals surface area contributed by atoms with Crippen LogP contribution in [-0.4, -0.2) is 28.6 Å². The summed E-state index contributed by atoms with van der Waals surface area (Å²) in [6, 6.07) is 10.7. The molecule has 0 bridgehead atoms. The summed E-state index contributed by atoms with van der Waals surface area (Å²) in [4.78, 5) is 0. The Morgan fingerprint density at radius 2 is 1.48 bits per heavy atom. The highest BCUT2D eigenvalue weighted by atomic mass is 28.4. The van der Waals surface area contributed by atoms with Crippen LogP contribution in [-0.2, 0) is 9.16 Å². The molecule has 0 aromatic heterocycles. The Morgan fingerprint density at radius 1 is 0.913 bits per heavy atom. The van der Waals surface area contributed by atoms with E-state index in [0.717, 1.165) is 13.2 Å². The van der Waals surface area contributed by atoms with Gasteiger partial charge in [0.1, 0.15) is 0 Å². The lowest BCUT2D eigenvalue weighted by atomic mass is 9.80. The van der Waals surface area contributed by atoms with Gasteiger partial charge in [-0.2, -0.15) is 0 Å². The summed E-state index contributed by atoms with van der Waals surface area (Å²) in [5.74, 6) is 0. The fourth-order valence-electron chi connectivity index (χ4n) is 3.12. The predicted molar refractivity (Wildman–Crippen MR) is 103 cm³/mol. The van der Waals surface area contributed by atoms with Crippen LogP contribution >= 0.6 is 0 Å². The molecule has 0 aliphatic carbocycles. The third-order valence-corrected chi connectivity index (χ3v) is 7.37. The van der Waals surface area contributed by atoms with E-state index in [0.29, 0.717) is 0 Å². The second-order valence-corrected chi connectivity index (χ2v) is 11.2. The van der Waals surface area contributed by atoms with Crippen LogP contribution in [0.2, 0.25) is 13.1 Å². The molecule has 0 heterocycles. The summed E-state index contributed by atoms with van der Waals surface area (Å²) < 4.78 is 12.2. The van der Waals surface area contributed by atoms with Gasteiger partial charge in [0.2, 0.25) is 8.32 Å². The number of hydrogen-bond donors (Lipinski definition) is 0. The van der Waals surface area contributed by atoms with Crippen LogP contribution in [0.25, 0.3) is 0 Å². The van der Waals surface area contributed by atoms with Crippen LogP contribution in [0, 0.1) is 5.41 Å². The average molecular weight is 337 g/mol. The monoisotopic (exact) mass is 336 g/mol. The average Bonchev–Trinajstić information content (AvgIpc) is 2.57. The first-order valence-corrected chi connectivity index (χ1v) is 12.1. The Labute approximate surface area is 144 Å². The molecule has 0 spiro atoms. The van der Waals surface area contributed by atoms with Gasteiger partial charge in [-0.05, 0) is 31.1 Å². The molecule has 0 saturated carbocycles. The predicted octanol–water partition coefficient (Wildman–Crippen LogP) is 5.13. The second-order valence-electron chi connectivity index (χ2n) is 7.31. The molecule has 132 valence electrons. The zero-order chi connectivity index (χ0) is 17.2. The van der Waals surface area contributed by atoms with E-state index in [1.165, 1.54) is 43.7 Å². The van der Waals surface area contributed by atoms with Gasteiger partial charge in [0.25, 0.3) is 0 Å². The van der Waals surface area contributed by atoms with Gasteiger partial charge in [0, 0.05) is 19.1 Å². The van der Waals surface area contributed by atoms with Gasteiger partial charge in [0.15, 0.2) is 0 Å². The second kappa shape index (κ2) is 10.3. The minimum Gasteiger partial charge on any atom is -0.412 e. The standard InChI is InChI=1S/C20H36O2Si/c1-6-8-15-20(17-21-3,16-9-7-2)18-22-23(4,5)19-13-11-10-12-14-19/h10-14H,6-9,15-18H2,1-5H3. The smallest absolute Gasteiger partial charge is 0.218 e. The van der Waals surface area contributed by atoms with Crippen molar-refractivity contribution in [2.45, 2.75) is 65.5 Å². The van der Waals surface area contributed by atoms with Crippen LogP contribution in [0.5, 0.6) is 0 Å². The third kappa shape index (κ3) is 6.78. The van der Waals surface area contributed by atoms with Crippen molar-refractivity contribution in [1.29, 1.82) is 0 Å². The Kier molecular flexibility index (Phi) is 9.11. The minimum atomic E-state index is -1.85. The van der Waals surface area contributed by atoms with E-state index in [-0.39, 0.29) is 5.41 Å². The van der Waals surface area contributed by atoms with E-state index >= 15 is 0 Å². The number of methoxy groups -OCH3 is 1. The van der Waals surface area contributed by atoms with Crippen molar-refractivity contribution in [2.24, 2.45) is 5.41 Å². The molecular formula is C20H36O2Si. The van der Waals surface area contributed by atoms with Crippen molar-refractivity contribution in [1.82, 2.24) is 0 Å². The fourth-order valence-corrected chi connectivity index (χ4v) is 4.95. The van der Waals surface area contributed by atoms with Gasteiger partial charge >= 0.3 is 0 Å². The summed E-state index contributed by atoms with van der Waals surface area (Å²) in [6.07, 6.45) is 7.38. The highest BCUT2D eigenvalue weighted by Crippen LogP contribution is 2.33. The SMILES string of the molecule is CCCCC(CCCC)(COC)CO[Si](C)(C)c1ccccc1. The van der Waals surface area contributed by atoms with Crippen LogP contribution in [0.3, 0.4) is 0 Å². The molecule has 23 heavy (non-hydrogen) atoms. The van der Waals surface area contributed by atoms with Crippen LogP contribution in [0.4, 0.5) is 0 Å². The number of benzene rings is 1. The highest BCUT2D eigenvalue weighted by molar-refractivity contribution is 6.84. The van der Waals surface area contributed by atoms with Gasteiger partial charge in [-0.1, -0.05) is 69.9 Å². The number of unbranched alkanes of at least 4 members (excludes halogenated alkanes) is 2. The Bertz CT molecular complexity index is 409. The van der Waals surface area contributed by atoms with Crippen LogP contribution < -0.4 is 5.19 Å². The largest absolute Gasteiger partial charge is 0.412 e. The van der Waals surface area contributed by atoms with Crippen molar-refractivity contribution in [3.8, 4) is 0 Å². The quantitative estimate of drug-likeness (QED) is 0.493. The maximum absolute atomic E-state index is 6.59. The molecule has 0 atom stereocenters. The van der Waals surface area contributed by atoms with E-state index in [1.54, 1.807) is 0 Å². The van der Waals surface area contributed by atoms with Crippen molar-refractivity contribution in [3.63, 3.8) is 0 Å². The van der Waals surface area contributed by atoms with Crippen molar-refractivity contribution >= 4 is 13.5 Å². The lowest BCUT2D eigenvalue weighted by molar-refractivity contribution is 0.0202. The van der Waals surface area contributed by atoms with Gasteiger partial charge in [-0.3, -0.25) is 0 Å². The molecule has 2 nitrogen and oxygen atoms in total. The molecule has 0 saturated heterocycles. The molecule has 0 unspecified atom stereocenters. The summed E-state index contributed by atoms with van der Waals surface area (Å²) in [5, 5.41) is 1.37. The highest BCUT2D eigenvalue weighted by Gasteiger charge is 2.34. The van der Waals surface area contributed by atoms with E-state index < -0.39 is 8.32 Å². The van der Waals surface area contributed by atoms with Crippen molar-refractivity contribution in [3.05, 3.63) is 30.3 Å². The molecular weight excluding hydrogens is 300 g/mol. The summed E-state index contributed by atoms with van der Waals surface area (Å²) in [6.45, 7) is 10.8. The summed E-state index contributed by atoms with van der Waals surface area (Å²) >= 11 is 0. The molecule has 1 rings (SSSR count). The molecule has 0 aliphatic rings. The third-order valence-electron chi connectivity index (χ3n) is 4.78. The van der Waals surface area contributed by atoms with Gasteiger partial charge in [-0.25, -0.2) is 0 Å². The lowest BCUT2D eigenvalue weighted by Gasteiger charge is -2.36. The number of ether oxygens (including phenoxy) is 1. The van der Waals surface area contributed by atoms with Gasteiger partial charge in [-0.15, -0.1) is 0 Å².